The van der Waals surface area contributed by atoms with Crippen molar-refractivity contribution in [3.05, 3.63) is 47.5 Å². The first kappa shape index (κ1) is 20.5. The third-order valence-corrected chi connectivity index (χ3v) is 4.49. The summed E-state index contributed by atoms with van der Waals surface area (Å²) in [5.41, 5.74) is 6.76. The Morgan fingerprint density at radius 2 is 1.76 bits per heavy atom. The van der Waals surface area contributed by atoms with E-state index in [4.69, 9.17) is 31.2 Å². The van der Waals surface area contributed by atoms with Gasteiger partial charge >= 0.3 is 0 Å². The lowest BCUT2D eigenvalue weighted by Crippen LogP contribution is -2.47. The zero-order valence-corrected chi connectivity index (χ0v) is 17.1. The van der Waals surface area contributed by atoms with Crippen LogP contribution in [0.25, 0.3) is 0 Å². The van der Waals surface area contributed by atoms with Crippen molar-refractivity contribution >= 4 is 23.2 Å². The first-order valence-corrected chi connectivity index (χ1v) is 9.46. The van der Waals surface area contributed by atoms with E-state index in [0.29, 0.717) is 53.4 Å². The van der Waals surface area contributed by atoms with Crippen molar-refractivity contribution in [1.82, 2.24) is 16.2 Å². The van der Waals surface area contributed by atoms with Crippen molar-refractivity contribution in [2.75, 3.05) is 34.0 Å². The zero-order valence-electron chi connectivity index (χ0n) is 16.2. The summed E-state index contributed by atoms with van der Waals surface area (Å²) in [4.78, 5) is 12.3. The Hall–Kier alpha value is -3.20. The number of thiocarbonyl (C=S) groups is 1. The van der Waals surface area contributed by atoms with Gasteiger partial charge in [-0.3, -0.25) is 15.6 Å². The molecule has 1 aliphatic rings. The molecule has 154 valence electrons. The predicted octanol–water partition coefficient (Wildman–Crippen LogP) is 1.83. The van der Waals surface area contributed by atoms with Crippen LogP contribution in [0.3, 0.4) is 0 Å². The predicted molar refractivity (Wildman–Crippen MR) is 112 cm³/mol. The minimum Gasteiger partial charge on any atom is -0.493 e. The summed E-state index contributed by atoms with van der Waals surface area (Å²) >= 11 is 5.20. The van der Waals surface area contributed by atoms with Gasteiger partial charge in [0.1, 0.15) is 13.2 Å². The maximum absolute atomic E-state index is 12.3. The van der Waals surface area contributed by atoms with Crippen molar-refractivity contribution in [1.29, 1.82) is 0 Å². The van der Waals surface area contributed by atoms with Gasteiger partial charge in [-0.15, -0.1) is 0 Å². The van der Waals surface area contributed by atoms with E-state index in [1.54, 1.807) is 32.4 Å². The van der Waals surface area contributed by atoms with E-state index in [1.807, 2.05) is 18.2 Å². The second-order valence-corrected chi connectivity index (χ2v) is 6.54. The number of rotatable bonds is 6. The van der Waals surface area contributed by atoms with E-state index < -0.39 is 0 Å². The average molecular weight is 417 g/mol. The van der Waals surface area contributed by atoms with Crippen LogP contribution in [0.1, 0.15) is 15.9 Å². The molecule has 0 fully saturated rings. The standard InChI is InChI=1S/C20H23N3O5S/c1-25-15-5-3-13(11-17(15)26-2)7-8-21-20(29)23-22-19(24)14-4-6-16-18(12-14)28-10-9-27-16/h3-6,11-12H,7-10H2,1-2H3,(H,22,24)(H2,21,23,29). The van der Waals surface area contributed by atoms with Gasteiger partial charge in [0, 0.05) is 12.1 Å². The van der Waals surface area contributed by atoms with E-state index in [0.717, 1.165) is 12.0 Å². The summed E-state index contributed by atoms with van der Waals surface area (Å²) in [7, 11) is 3.20. The normalized spacial score (nSPS) is 11.9. The fourth-order valence-electron chi connectivity index (χ4n) is 2.77. The summed E-state index contributed by atoms with van der Waals surface area (Å²) in [6.07, 6.45) is 0.721. The Kier molecular flexibility index (Phi) is 6.96. The number of nitrogens with one attached hydrogen (secondary N) is 3. The smallest absolute Gasteiger partial charge is 0.269 e. The molecule has 3 N–H and O–H groups in total. The highest BCUT2D eigenvalue weighted by atomic mass is 32.1. The van der Waals surface area contributed by atoms with E-state index >= 15 is 0 Å². The molecule has 9 heteroatoms. The second-order valence-electron chi connectivity index (χ2n) is 6.13. The molecule has 29 heavy (non-hydrogen) atoms. The maximum Gasteiger partial charge on any atom is 0.269 e. The summed E-state index contributed by atoms with van der Waals surface area (Å²) in [6, 6.07) is 10.8. The molecule has 0 radical (unpaired) electrons. The van der Waals surface area contributed by atoms with Crippen LogP contribution in [0.5, 0.6) is 23.0 Å². The van der Waals surface area contributed by atoms with Crippen molar-refractivity contribution in [3.8, 4) is 23.0 Å². The number of carbonyl (C=O) groups is 1. The van der Waals surface area contributed by atoms with E-state index in [1.165, 1.54) is 0 Å². The van der Waals surface area contributed by atoms with Gasteiger partial charge in [-0.05, 0) is 54.5 Å². The molecule has 0 aromatic heterocycles. The molecule has 0 atom stereocenters. The monoisotopic (exact) mass is 417 g/mol. The summed E-state index contributed by atoms with van der Waals surface area (Å²) in [5, 5.41) is 3.36. The third kappa shape index (κ3) is 5.41. The van der Waals surface area contributed by atoms with Gasteiger partial charge in [0.05, 0.1) is 14.2 Å². The maximum atomic E-state index is 12.3. The van der Waals surface area contributed by atoms with E-state index in [2.05, 4.69) is 16.2 Å². The lowest BCUT2D eigenvalue weighted by atomic mass is 10.1. The van der Waals surface area contributed by atoms with Crippen LogP contribution >= 0.6 is 12.2 Å². The molecule has 0 bridgehead atoms. The Morgan fingerprint density at radius 3 is 2.52 bits per heavy atom. The minimum absolute atomic E-state index is 0.316. The molecule has 3 rings (SSSR count). The number of hydrogen-bond acceptors (Lipinski definition) is 6. The van der Waals surface area contributed by atoms with Gasteiger partial charge in [0.2, 0.25) is 0 Å². The van der Waals surface area contributed by atoms with Crippen LogP contribution < -0.4 is 35.1 Å². The third-order valence-electron chi connectivity index (χ3n) is 4.24. The topological polar surface area (TPSA) is 90.1 Å². The summed E-state index contributed by atoms with van der Waals surface area (Å²) < 4.78 is 21.5. The summed E-state index contributed by atoms with van der Waals surface area (Å²) in [5.74, 6) is 2.22. The van der Waals surface area contributed by atoms with Crippen LogP contribution in [-0.4, -0.2) is 45.0 Å². The van der Waals surface area contributed by atoms with Crippen molar-refractivity contribution < 1.29 is 23.7 Å². The van der Waals surface area contributed by atoms with Crippen LogP contribution in [0, 0.1) is 0 Å². The van der Waals surface area contributed by atoms with Crippen molar-refractivity contribution in [2.45, 2.75) is 6.42 Å². The average Bonchev–Trinajstić information content (AvgIpc) is 2.76. The minimum atomic E-state index is -0.328. The van der Waals surface area contributed by atoms with Gasteiger partial charge < -0.3 is 24.3 Å². The van der Waals surface area contributed by atoms with Gasteiger partial charge in [-0.25, -0.2) is 0 Å². The quantitative estimate of drug-likeness (QED) is 0.485. The number of benzene rings is 2. The number of fused-ring (bicyclic) bond motifs is 1. The lowest BCUT2D eigenvalue weighted by molar-refractivity contribution is 0.0942. The van der Waals surface area contributed by atoms with Crippen LogP contribution in [0.4, 0.5) is 0 Å². The Bertz CT molecular complexity index is 890. The SMILES string of the molecule is COc1ccc(CCNC(=S)NNC(=O)c2ccc3c(c2)OCCO3)cc1OC. The molecule has 2 aromatic carbocycles. The molecule has 0 saturated carbocycles. The van der Waals surface area contributed by atoms with Gasteiger partial charge in [-0.2, -0.15) is 0 Å². The number of ether oxygens (including phenoxy) is 4. The molecule has 1 aliphatic heterocycles. The molecule has 0 spiro atoms. The fourth-order valence-corrected chi connectivity index (χ4v) is 2.92. The molecular weight excluding hydrogens is 394 g/mol. The Labute approximate surface area is 174 Å². The van der Waals surface area contributed by atoms with Crippen LogP contribution in [0.15, 0.2) is 36.4 Å². The van der Waals surface area contributed by atoms with Crippen molar-refractivity contribution in [2.24, 2.45) is 0 Å². The Balaban J connectivity index is 1.43. The van der Waals surface area contributed by atoms with Gasteiger partial charge in [0.15, 0.2) is 28.1 Å². The number of hydrogen-bond donors (Lipinski definition) is 3. The van der Waals surface area contributed by atoms with Crippen LogP contribution in [-0.2, 0) is 6.42 Å². The van der Waals surface area contributed by atoms with E-state index in [9.17, 15) is 4.79 Å². The first-order chi connectivity index (χ1) is 14.1. The van der Waals surface area contributed by atoms with Crippen molar-refractivity contribution in [3.63, 3.8) is 0 Å². The largest absolute Gasteiger partial charge is 0.493 e. The number of hydrazine groups is 1. The highest BCUT2D eigenvalue weighted by Crippen LogP contribution is 2.30. The zero-order chi connectivity index (χ0) is 20.6. The molecule has 8 nitrogen and oxygen atoms in total. The fraction of sp³-hybridized carbons (Fsp3) is 0.300. The Morgan fingerprint density at radius 1 is 1.00 bits per heavy atom. The number of amides is 1. The summed E-state index contributed by atoms with van der Waals surface area (Å²) in [6.45, 7) is 1.55. The number of carbonyl (C=O) groups excluding carboxylic acids is 1. The van der Waals surface area contributed by atoms with Crippen LogP contribution in [0.2, 0.25) is 0 Å². The van der Waals surface area contributed by atoms with E-state index in [-0.39, 0.29) is 5.91 Å². The molecule has 0 unspecified atom stereocenters. The first-order valence-electron chi connectivity index (χ1n) is 9.05. The highest BCUT2D eigenvalue weighted by Gasteiger charge is 2.15. The molecule has 1 heterocycles. The number of methoxy groups -OCH3 is 2. The molecule has 0 aliphatic carbocycles. The second kappa shape index (κ2) is 9.83. The van der Waals surface area contributed by atoms with Gasteiger partial charge in [-0.1, -0.05) is 6.07 Å². The molecular formula is C20H23N3O5S. The molecule has 0 saturated heterocycles. The lowest BCUT2D eigenvalue weighted by Gasteiger charge is -2.19. The highest BCUT2D eigenvalue weighted by molar-refractivity contribution is 7.80. The molecule has 2 aromatic rings. The van der Waals surface area contributed by atoms with Gasteiger partial charge in [0.25, 0.3) is 5.91 Å². The molecule has 1 amide bonds.